The molecule has 2 aromatic carbocycles. The van der Waals surface area contributed by atoms with Crippen molar-refractivity contribution in [1.82, 2.24) is 15.0 Å². The molecule has 7 nitrogen and oxygen atoms in total. The molecule has 0 N–H and O–H groups in total. The van der Waals surface area contributed by atoms with Crippen molar-refractivity contribution in [3.63, 3.8) is 0 Å². The lowest BCUT2D eigenvalue weighted by Crippen LogP contribution is -2.26. The number of rotatable bonds is 4. The van der Waals surface area contributed by atoms with Crippen molar-refractivity contribution in [1.29, 1.82) is 0 Å². The number of benzene rings is 2. The molecular weight excluding hydrogens is 346 g/mol. The molecule has 4 aromatic rings. The lowest BCUT2D eigenvalue weighted by atomic mass is 10.0. The summed E-state index contributed by atoms with van der Waals surface area (Å²) in [7, 11) is 1.65. The Kier molecular flexibility index (Phi) is 4.25. The average Bonchev–Trinajstić information content (AvgIpc) is 3.20. The molecule has 134 valence electrons. The molecule has 4 rings (SSSR count). The Labute approximate surface area is 153 Å². The first-order chi connectivity index (χ1) is 13.1. The predicted molar refractivity (Wildman–Crippen MR) is 98.0 cm³/mol. The molecule has 0 fully saturated rings. The molecule has 0 radical (unpaired) electrons. The van der Waals surface area contributed by atoms with Gasteiger partial charge in [-0.3, -0.25) is 4.79 Å². The molecule has 27 heavy (non-hydrogen) atoms. The van der Waals surface area contributed by atoms with Crippen LogP contribution in [0.5, 0.6) is 0 Å². The average molecular weight is 361 g/mol. The van der Waals surface area contributed by atoms with Crippen molar-refractivity contribution in [2.45, 2.75) is 6.54 Å². The Morgan fingerprint density at radius 3 is 2.78 bits per heavy atom. The normalized spacial score (nSPS) is 10.9. The molecule has 0 aliphatic carbocycles. The van der Waals surface area contributed by atoms with E-state index in [9.17, 15) is 9.59 Å². The first-order valence-electron chi connectivity index (χ1n) is 8.26. The second-order valence-corrected chi connectivity index (χ2v) is 6.07. The molecule has 0 aliphatic heterocycles. The maximum atomic E-state index is 12.7. The van der Waals surface area contributed by atoms with Crippen molar-refractivity contribution in [3.05, 3.63) is 82.8 Å². The minimum Gasteiger partial charge on any atom is -0.422 e. The molecule has 0 saturated carbocycles. The van der Waals surface area contributed by atoms with Gasteiger partial charge >= 0.3 is 5.63 Å². The third kappa shape index (κ3) is 3.35. The summed E-state index contributed by atoms with van der Waals surface area (Å²) in [5.74, 6) is 0.198. The van der Waals surface area contributed by atoms with Crippen molar-refractivity contribution in [2.24, 2.45) is 0 Å². The second-order valence-electron chi connectivity index (χ2n) is 6.07. The van der Waals surface area contributed by atoms with E-state index in [2.05, 4.69) is 14.7 Å². The van der Waals surface area contributed by atoms with Crippen LogP contribution in [0, 0.1) is 0 Å². The van der Waals surface area contributed by atoms with E-state index in [4.69, 9.17) is 4.42 Å². The van der Waals surface area contributed by atoms with E-state index in [1.54, 1.807) is 43.4 Å². The molecule has 1 amide bonds. The maximum Gasteiger partial charge on any atom is 0.344 e. The SMILES string of the molecule is CN(Cc1ncon1)C(=O)c1cccc(-c2cc3ccccc3oc2=O)c1. The van der Waals surface area contributed by atoms with Gasteiger partial charge in [0.15, 0.2) is 5.82 Å². The quantitative estimate of drug-likeness (QED) is 0.519. The number of aromatic nitrogens is 2. The van der Waals surface area contributed by atoms with Gasteiger partial charge in [-0.2, -0.15) is 4.98 Å². The van der Waals surface area contributed by atoms with E-state index < -0.39 is 5.63 Å². The minimum atomic E-state index is -0.446. The minimum absolute atomic E-state index is 0.216. The summed E-state index contributed by atoms with van der Waals surface area (Å²) in [6.07, 6.45) is 1.22. The van der Waals surface area contributed by atoms with Gasteiger partial charge in [-0.15, -0.1) is 0 Å². The van der Waals surface area contributed by atoms with Gasteiger partial charge in [-0.25, -0.2) is 4.79 Å². The molecule has 0 aliphatic rings. The number of fused-ring (bicyclic) bond motifs is 1. The predicted octanol–water partition coefficient (Wildman–Crippen LogP) is 3.12. The van der Waals surface area contributed by atoms with Gasteiger partial charge in [-0.05, 0) is 29.8 Å². The number of carbonyl (C=O) groups excluding carboxylic acids is 1. The molecule has 7 heteroatoms. The highest BCUT2D eigenvalue weighted by atomic mass is 16.5. The van der Waals surface area contributed by atoms with Gasteiger partial charge in [0, 0.05) is 18.0 Å². The lowest BCUT2D eigenvalue weighted by molar-refractivity contribution is 0.0780. The molecule has 2 heterocycles. The van der Waals surface area contributed by atoms with Gasteiger partial charge in [0.2, 0.25) is 6.39 Å². The van der Waals surface area contributed by atoms with E-state index >= 15 is 0 Å². The van der Waals surface area contributed by atoms with E-state index in [1.165, 1.54) is 11.3 Å². The van der Waals surface area contributed by atoms with Crippen LogP contribution in [0.1, 0.15) is 16.2 Å². The fourth-order valence-corrected chi connectivity index (χ4v) is 2.85. The van der Waals surface area contributed by atoms with Crippen LogP contribution < -0.4 is 5.63 Å². The summed E-state index contributed by atoms with van der Waals surface area (Å²) < 4.78 is 10.1. The third-order valence-electron chi connectivity index (χ3n) is 4.19. The van der Waals surface area contributed by atoms with Crippen LogP contribution in [0.25, 0.3) is 22.1 Å². The summed E-state index contributed by atoms with van der Waals surface area (Å²) in [5.41, 5.74) is 1.56. The van der Waals surface area contributed by atoms with Gasteiger partial charge < -0.3 is 13.8 Å². The van der Waals surface area contributed by atoms with Crippen LogP contribution in [0.2, 0.25) is 0 Å². The molecular formula is C20H15N3O4. The Bertz CT molecular complexity index is 1170. The fraction of sp³-hybridized carbons (Fsp3) is 0.100. The lowest BCUT2D eigenvalue weighted by Gasteiger charge is -2.15. The Balaban J connectivity index is 1.67. The van der Waals surface area contributed by atoms with Crippen molar-refractivity contribution < 1.29 is 13.7 Å². The topological polar surface area (TPSA) is 89.4 Å². The summed E-state index contributed by atoms with van der Waals surface area (Å²) in [4.78, 5) is 30.5. The van der Waals surface area contributed by atoms with Crippen LogP contribution in [0.3, 0.4) is 0 Å². The summed E-state index contributed by atoms with van der Waals surface area (Å²) in [5, 5.41) is 4.52. The third-order valence-corrected chi connectivity index (χ3v) is 4.19. The van der Waals surface area contributed by atoms with Gasteiger partial charge in [0.25, 0.3) is 5.91 Å². The molecule has 0 bridgehead atoms. The zero-order chi connectivity index (χ0) is 18.8. The van der Waals surface area contributed by atoms with Crippen LogP contribution in [-0.2, 0) is 6.54 Å². The van der Waals surface area contributed by atoms with Gasteiger partial charge in [0.05, 0.1) is 12.1 Å². The van der Waals surface area contributed by atoms with E-state index in [0.29, 0.717) is 28.1 Å². The Morgan fingerprint density at radius 2 is 1.96 bits per heavy atom. The molecule has 0 atom stereocenters. The number of hydrogen-bond donors (Lipinski definition) is 0. The van der Waals surface area contributed by atoms with Crippen LogP contribution in [0.4, 0.5) is 0 Å². The highest BCUT2D eigenvalue weighted by molar-refractivity contribution is 5.95. The summed E-state index contributed by atoms with van der Waals surface area (Å²) in [6.45, 7) is 0.220. The van der Waals surface area contributed by atoms with E-state index in [1.807, 2.05) is 18.2 Å². The highest BCUT2D eigenvalue weighted by Crippen LogP contribution is 2.22. The van der Waals surface area contributed by atoms with Crippen LogP contribution in [-0.4, -0.2) is 28.0 Å². The van der Waals surface area contributed by atoms with Crippen molar-refractivity contribution in [3.8, 4) is 11.1 Å². The number of hydrogen-bond acceptors (Lipinski definition) is 6. The van der Waals surface area contributed by atoms with Crippen LogP contribution >= 0.6 is 0 Å². The highest BCUT2D eigenvalue weighted by Gasteiger charge is 2.16. The van der Waals surface area contributed by atoms with Crippen molar-refractivity contribution >= 4 is 16.9 Å². The maximum absolute atomic E-state index is 12.7. The summed E-state index contributed by atoms with van der Waals surface area (Å²) in [6, 6.07) is 16.0. The first kappa shape index (κ1) is 16.7. The zero-order valence-corrected chi connectivity index (χ0v) is 14.5. The van der Waals surface area contributed by atoms with E-state index in [0.717, 1.165) is 5.39 Å². The van der Waals surface area contributed by atoms with E-state index in [-0.39, 0.29) is 12.5 Å². The monoisotopic (exact) mass is 361 g/mol. The molecule has 0 unspecified atom stereocenters. The molecule has 0 saturated heterocycles. The second kappa shape index (κ2) is 6.87. The Hall–Kier alpha value is -3.74. The zero-order valence-electron chi connectivity index (χ0n) is 14.5. The standard InChI is InChI=1S/C20H15N3O4/c1-23(11-18-21-12-26-22-18)19(24)15-7-4-6-13(9-15)16-10-14-5-2-3-8-17(14)27-20(16)25/h2-10,12H,11H2,1H3. The van der Waals surface area contributed by atoms with Crippen molar-refractivity contribution in [2.75, 3.05) is 7.05 Å². The van der Waals surface area contributed by atoms with Gasteiger partial charge in [0.1, 0.15) is 5.58 Å². The summed E-state index contributed by atoms with van der Waals surface area (Å²) >= 11 is 0. The molecule has 0 spiro atoms. The fourth-order valence-electron chi connectivity index (χ4n) is 2.85. The van der Waals surface area contributed by atoms with Crippen LogP contribution in [0.15, 0.2) is 74.7 Å². The van der Waals surface area contributed by atoms with Gasteiger partial charge in [-0.1, -0.05) is 35.5 Å². The largest absolute Gasteiger partial charge is 0.422 e. The smallest absolute Gasteiger partial charge is 0.344 e. The number of amides is 1. The molecule has 2 aromatic heterocycles. The Morgan fingerprint density at radius 1 is 1.11 bits per heavy atom. The number of nitrogens with zero attached hydrogens (tertiary/aromatic N) is 3. The number of para-hydroxylation sites is 1. The number of carbonyl (C=O) groups is 1. The first-order valence-corrected chi connectivity index (χ1v) is 8.26.